The van der Waals surface area contributed by atoms with Crippen LogP contribution < -0.4 is 34.1 Å². The third-order valence-electron chi connectivity index (χ3n) is 11.1. The standard InChI is InChI=1S/C42H66N10O19/c1-6-10-18-66-26-49-33-34(51(41(49)63)28-68-20-12-8-3)52(42(64)50(33)27-67-19-11-7-2)29-69-21-14-44-35(57)43(13-16-53)36(58)45(37(44)59)15-22-71-32(56)25-48-39(61)46(23-30(54)65-5)38(60)47(40(48)62)24-31(55)70-17-9-4/h33-34,53H,6-29H2,1-5H3. The van der Waals surface area contributed by atoms with E-state index in [0.29, 0.717) is 39.9 Å². The lowest BCUT2D eigenvalue weighted by atomic mass is 10.3. The maximum absolute atomic E-state index is 14.1. The Bertz CT molecular complexity index is 2500. The van der Waals surface area contributed by atoms with Gasteiger partial charge in [-0.2, -0.15) is 0 Å². The summed E-state index contributed by atoms with van der Waals surface area (Å²) in [6, 6.07) is -0.995. The summed E-state index contributed by atoms with van der Waals surface area (Å²) < 4.78 is 40.5. The number of ether oxygens (including phenoxy) is 7. The van der Waals surface area contributed by atoms with Gasteiger partial charge in [-0.3, -0.25) is 34.0 Å². The second kappa shape index (κ2) is 28.4. The number of hydrogen-bond acceptors (Lipinski definition) is 19. The van der Waals surface area contributed by atoms with Crippen molar-refractivity contribution in [2.75, 3.05) is 80.3 Å². The van der Waals surface area contributed by atoms with Crippen molar-refractivity contribution in [3.63, 3.8) is 0 Å². The van der Waals surface area contributed by atoms with Crippen LogP contribution in [0.15, 0.2) is 28.8 Å². The first-order chi connectivity index (χ1) is 34.1. The van der Waals surface area contributed by atoms with E-state index in [1.165, 1.54) is 19.6 Å². The van der Waals surface area contributed by atoms with Crippen LogP contribution in [0.1, 0.15) is 72.6 Å². The minimum atomic E-state index is -1.43. The number of aromatic nitrogens is 6. The first kappa shape index (κ1) is 57.2. The number of aliphatic hydroxyl groups is 1. The highest BCUT2D eigenvalue weighted by atomic mass is 16.5. The van der Waals surface area contributed by atoms with Gasteiger partial charge in [-0.15, -0.1) is 0 Å². The van der Waals surface area contributed by atoms with Crippen LogP contribution in [-0.4, -0.2) is 175 Å². The molecule has 0 aromatic carbocycles. The SMILES string of the molecule is CCCCOCN1C(=O)N(COCCCC)C2C1N(COCCCC)C(=O)N2COCCn1c(=O)n(CCO)c(=O)n(CCOC(=O)Cn2c(=O)n(CC(=O)OC)c(=O)n(CC(=O)OCCC)c2=O)c1=O. The van der Waals surface area contributed by atoms with Gasteiger partial charge in [0.25, 0.3) is 0 Å². The van der Waals surface area contributed by atoms with E-state index >= 15 is 0 Å². The third-order valence-corrected chi connectivity index (χ3v) is 11.1. The van der Waals surface area contributed by atoms with Crippen LogP contribution in [0.2, 0.25) is 0 Å². The molecule has 0 bridgehead atoms. The van der Waals surface area contributed by atoms with Gasteiger partial charge in [-0.25, -0.2) is 65.8 Å². The number of amides is 4. The highest BCUT2D eigenvalue weighted by molar-refractivity contribution is 5.85. The van der Waals surface area contributed by atoms with E-state index < -0.39 is 142 Å². The molecule has 4 rings (SSSR count). The van der Waals surface area contributed by atoms with Gasteiger partial charge >= 0.3 is 64.1 Å². The first-order valence-electron chi connectivity index (χ1n) is 23.5. The van der Waals surface area contributed by atoms with Crippen LogP contribution in [0.5, 0.6) is 0 Å². The average Bonchev–Trinajstić information content (AvgIpc) is 3.77. The van der Waals surface area contributed by atoms with Gasteiger partial charge in [0.2, 0.25) is 0 Å². The van der Waals surface area contributed by atoms with Crippen molar-refractivity contribution in [1.29, 1.82) is 0 Å². The number of carbonyl (C=O) groups excluding carboxylic acids is 5. The number of nitrogens with zero attached hydrogens (tertiary/aromatic N) is 10. The summed E-state index contributed by atoms with van der Waals surface area (Å²) in [5.74, 6) is -3.41. The summed E-state index contributed by atoms with van der Waals surface area (Å²) in [4.78, 5) is 151. The summed E-state index contributed by atoms with van der Waals surface area (Å²) in [6.45, 7) is 1.08. The van der Waals surface area contributed by atoms with E-state index in [0.717, 1.165) is 45.6 Å². The molecule has 29 nitrogen and oxygen atoms in total. The van der Waals surface area contributed by atoms with Crippen LogP contribution in [0.25, 0.3) is 0 Å². The van der Waals surface area contributed by atoms with Crippen molar-refractivity contribution in [3.05, 3.63) is 62.9 Å². The van der Waals surface area contributed by atoms with Crippen LogP contribution in [0.4, 0.5) is 9.59 Å². The maximum atomic E-state index is 14.1. The Hall–Kier alpha value is -6.43. The van der Waals surface area contributed by atoms with Crippen molar-refractivity contribution >= 4 is 30.0 Å². The molecular formula is C42H66N10O19. The predicted molar refractivity (Wildman–Crippen MR) is 243 cm³/mol. The summed E-state index contributed by atoms with van der Waals surface area (Å²) in [5.41, 5.74) is -7.71. The molecule has 1 N–H and O–H groups in total. The van der Waals surface area contributed by atoms with Gasteiger partial charge in [-0.05, 0) is 25.7 Å². The molecule has 2 fully saturated rings. The van der Waals surface area contributed by atoms with Crippen molar-refractivity contribution < 1.29 is 62.2 Å². The fourth-order valence-electron chi connectivity index (χ4n) is 7.29. The monoisotopic (exact) mass is 1010 g/mol. The molecule has 2 atom stereocenters. The molecule has 4 heterocycles. The first-order valence-corrected chi connectivity index (χ1v) is 23.5. The quantitative estimate of drug-likeness (QED) is 0.0437. The van der Waals surface area contributed by atoms with Crippen molar-refractivity contribution in [1.82, 2.24) is 47.0 Å². The lowest BCUT2D eigenvalue weighted by Crippen LogP contribution is -2.56. The van der Waals surface area contributed by atoms with Crippen LogP contribution in [0.3, 0.4) is 0 Å². The van der Waals surface area contributed by atoms with E-state index in [1.54, 1.807) is 6.92 Å². The Balaban J connectivity index is 1.54. The normalized spacial score (nSPS) is 15.5. The number of fused-ring (bicyclic) bond motifs is 1. The summed E-state index contributed by atoms with van der Waals surface area (Å²) in [7, 11) is 0.969. The number of unbranched alkanes of at least 4 members (excludes halogenated alkanes) is 3. The van der Waals surface area contributed by atoms with E-state index in [2.05, 4.69) is 4.74 Å². The zero-order valence-corrected chi connectivity index (χ0v) is 40.9. The largest absolute Gasteiger partial charge is 0.468 e. The van der Waals surface area contributed by atoms with Crippen molar-refractivity contribution in [2.24, 2.45) is 0 Å². The fraction of sp³-hybridized carbons (Fsp3) is 0.738. The molecule has 2 aliphatic rings. The minimum absolute atomic E-state index is 0.0556. The topological polar surface area (TPSA) is 315 Å². The van der Waals surface area contributed by atoms with E-state index in [9.17, 15) is 57.8 Å². The molecule has 71 heavy (non-hydrogen) atoms. The molecule has 0 spiro atoms. The van der Waals surface area contributed by atoms with Crippen molar-refractivity contribution in [3.8, 4) is 0 Å². The molecule has 2 aliphatic heterocycles. The lowest BCUT2D eigenvalue weighted by molar-refractivity contribution is -0.145. The number of carbonyl (C=O) groups is 5. The minimum Gasteiger partial charge on any atom is -0.468 e. The molecule has 4 amide bonds. The predicted octanol–water partition coefficient (Wildman–Crippen LogP) is -2.56. The number of rotatable bonds is 33. The smallest absolute Gasteiger partial charge is 0.337 e. The number of hydrogen-bond donors (Lipinski definition) is 1. The second-order valence-electron chi connectivity index (χ2n) is 16.1. The number of urea groups is 2. The Morgan fingerprint density at radius 1 is 0.423 bits per heavy atom. The molecule has 0 radical (unpaired) electrons. The van der Waals surface area contributed by atoms with E-state index in [4.69, 9.17) is 28.4 Å². The lowest BCUT2D eigenvalue weighted by Gasteiger charge is -2.29. The number of esters is 3. The Kier molecular flexibility index (Phi) is 22.9. The highest BCUT2D eigenvalue weighted by Crippen LogP contribution is 2.35. The van der Waals surface area contributed by atoms with Gasteiger partial charge in [0.15, 0.2) is 12.3 Å². The molecule has 2 aromatic heterocycles. The van der Waals surface area contributed by atoms with E-state index in [1.807, 2.05) is 20.8 Å². The van der Waals surface area contributed by atoms with Crippen LogP contribution >= 0.6 is 0 Å². The van der Waals surface area contributed by atoms with Gasteiger partial charge in [0.1, 0.15) is 53.2 Å². The molecule has 398 valence electrons. The Labute approximate surface area is 406 Å². The van der Waals surface area contributed by atoms with Gasteiger partial charge < -0.3 is 38.3 Å². The zero-order chi connectivity index (χ0) is 52.2. The van der Waals surface area contributed by atoms with Crippen LogP contribution in [-0.2, 0) is 86.8 Å². The summed E-state index contributed by atoms with van der Waals surface area (Å²) in [6.07, 6.45) is 3.36. The maximum Gasteiger partial charge on any atom is 0.337 e. The molecule has 0 aliphatic carbocycles. The summed E-state index contributed by atoms with van der Waals surface area (Å²) >= 11 is 0. The number of aliphatic hydroxyl groups excluding tert-OH is 1. The van der Waals surface area contributed by atoms with Gasteiger partial charge in [0, 0.05) is 19.8 Å². The molecular weight excluding hydrogens is 949 g/mol. The summed E-state index contributed by atoms with van der Waals surface area (Å²) in [5, 5.41) is 9.69. The Morgan fingerprint density at radius 2 is 0.746 bits per heavy atom. The van der Waals surface area contributed by atoms with Crippen LogP contribution in [0, 0.1) is 0 Å². The molecule has 2 saturated heterocycles. The second-order valence-corrected chi connectivity index (χ2v) is 16.1. The van der Waals surface area contributed by atoms with Gasteiger partial charge in [0.05, 0.1) is 46.6 Å². The molecule has 29 heteroatoms. The van der Waals surface area contributed by atoms with Gasteiger partial charge in [-0.1, -0.05) is 47.0 Å². The number of methoxy groups -OCH3 is 1. The molecule has 2 unspecified atom stereocenters. The fourth-order valence-corrected chi connectivity index (χ4v) is 7.29. The molecule has 0 saturated carbocycles. The molecule has 2 aromatic rings. The average molecular weight is 1020 g/mol. The van der Waals surface area contributed by atoms with Crippen molar-refractivity contribution in [2.45, 2.75) is 124 Å². The third kappa shape index (κ3) is 14.4. The Morgan fingerprint density at radius 3 is 1.10 bits per heavy atom. The highest BCUT2D eigenvalue weighted by Gasteiger charge is 2.59. The van der Waals surface area contributed by atoms with E-state index in [-0.39, 0.29) is 40.5 Å². The zero-order valence-electron chi connectivity index (χ0n) is 40.9.